The van der Waals surface area contributed by atoms with Crippen molar-refractivity contribution in [2.45, 2.75) is 36.6 Å². The summed E-state index contributed by atoms with van der Waals surface area (Å²) in [5.41, 5.74) is 5.56. The molecule has 192 valence electrons. The molecular formula is C24H22ClF4N3O3S. The predicted octanol–water partition coefficient (Wildman–Crippen LogP) is 5.43. The molecule has 3 heterocycles. The van der Waals surface area contributed by atoms with E-state index in [-0.39, 0.29) is 18.2 Å². The number of halogens is 5. The number of hydrogen-bond acceptors (Lipinski definition) is 5. The quantitative estimate of drug-likeness (QED) is 0.329. The van der Waals surface area contributed by atoms with E-state index in [9.17, 15) is 32.3 Å². The summed E-state index contributed by atoms with van der Waals surface area (Å²) >= 11 is 7.93. The fraction of sp³-hybridized carbons (Fsp3) is 0.250. The number of alkyl halides is 3. The fourth-order valence-electron chi connectivity index (χ4n) is 3.28. The average Bonchev–Trinajstić information content (AvgIpc) is 3.01. The first-order valence-corrected chi connectivity index (χ1v) is 12.1. The molecule has 6 nitrogen and oxygen atoms in total. The molecule has 3 N–H and O–H groups in total. The zero-order valence-electron chi connectivity index (χ0n) is 19.0. The van der Waals surface area contributed by atoms with Crippen molar-refractivity contribution in [3.8, 4) is 5.75 Å². The van der Waals surface area contributed by atoms with Gasteiger partial charge in [-0.25, -0.2) is 4.39 Å². The van der Waals surface area contributed by atoms with E-state index in [1.807, 2.05) is 18.2 Å². The van der Waals surface area contributed by atoms with Crippen molar-refractivity contribution >= 4 is 29.3 Å². The number of benzene rings is 2. The number of pyridine rings is 1. The van der Waals surface area contributed by atoms with E-state index < -0.39 is 29.7 Å². The van der Waals surface area contributed by atoms with E-state index >= 15 is 0 Å². The number of aromatic nitrogens is 1. The van der Waals surface area contributed by atoms with Gasteiger partial charge in [-0.3, -0.25) is 14.3 Å². The Morgan fingerprint density at radius 1 is 1.14 bits per heavy atom. The first kappa shape index (κ1) is 27.4. The molecule has 1 aromatic heterocycles. The maximum Gasteiger partial charge on any atom is 0.388 e. The van der Waals surface area contributed by atoms with Crippen LogP contribution in [0.5, 0.6) is 5.75 Å². The van der Waals surface area contributed by atoms with E-state index in [0.29, 0.717) is 0 Å². The Labute approximate surface area is 213 Å². The lowest BCUT2D eigenvalue weighted by Gasteiger charge is -2.21. The number of nitrogens with one attached hydrogen (secondary N) is 2. The molecule has 0 bridgehead atoms. The number of rotatable bonds is 0. The normalized spacial score (nSPS) is 13.7. The Morgan fingerprint density at radius 3 is 2.56 bits per heavy atom. The second-order valence-corrected chi connectivity index (χ2v) is 9.08. The van der Waals surface area contributed by atoms with Crippen LogP contribution >= 0.6 is 23.4 Å². The molecule has 2 aliphatic rings. The molecule has 3 aromatic rings. The highest BCUT2D eigenvalue weighted by atomic mass is 35.5. The van der Waals surface area contributed by atoms with Crippen molar-refractivity contribution in [3.63, 3.8) is 0 Å². The van der Waals surface area contributed by atoms with Crippen LogP contribution in [0.3, 0.4) is 0 Å². The Balaban J connectivity index is 0.000000169. The molecule has 0 saturated heterocycles. The lowest BCUT2D eigenvalue weighted by molar-refractivity contribution is -0.130. The van der Waals surface area contributed by atoms with Gasteiger partial charge in [0.15, 0.2) is 11.4 Å². The Hall–Kier alpha value is -3.18. The van der Waals surface area contributed by atoms with E-state index in [1.54, 1.807) is 17.8 Å². The number of carbonyl (C=O) groups is 1. The first-order valence-electron chi connectivity index (χ1n) is 10.7. The largest absolute Gasteiger partial charge is 0.502 e. The molecule has 0 saturated carbocycles. The molecule has 36 heavy (non-hydrogen) atoms. The smallest absolute Gasteiger partial charge is 0.388 e. The van der Waals surface area contributed by atoms with E-state index in [2.05, 4.69) is 16.8 Å². The van der Waals surface area contributed by atoms with Gasteiger partial charge in [-0.05, 0) is 47.4 Å². The van der Waals surface area contributed by atoms with Crippen LogP contribution in [-0.2, 0) is 12.2 Å². The van der Waals surface area contributed by atoms with Crippen LogP contribution in [0.4, 0.5) is 17.6 Å². The molecule has 0 spiro atoms. The van der Waals surface area contributed by atoms with Gasteiger partial charge in [-0.1, -0.05) is 30.7 Å². The van der Waals surface area contributed by atoms with E-state index in [0.717, 1.165) is 34.6 Å². The molecule has 1 amide bonds. The number of hydrogen-bond donors (Lipinski definition) is 3. The predicted molar refractivity (Wildman–Crippen MR) is 131 cm³/mol. The third-order valence-electron chi connectivity index (χ3n) is 5.18. The second-order valence-electron chi connectivity index (χ2n) is 7.65. The fourth-order valence-corrected chi connectivity index (χ4v) is 4.74. The van der Waals surface area contributed by atoms with Gasteiger partial charge >= 0.3 is 6.18 Å². The minimum Gasteiger partial charge on any atom is -0.502 e. The summed E-state index contributed by atoms with van der Waals surface area (Å²) in [5, 5.41) is 12.5. The van der Waals surface area contributed by atoms with E-state index in [1.165, 1.54) is 34.1 Å². The Bertz CT molecular complexity index is 1310. The molecule has 12 heteroatoms. The van der Waals surface area contributed by atoms with Crippen LogP contribution in [0.1, 0.15) is 40.5 Å². The molecule has 0 fully saturated rings. The Morgan fingerprint density at radius 2 is 1.86 bits per heavy atom. The van der Waals surface area contributed by atoms with Crippen LogP contribution in [0.2, 0.25) is 5.02 Å². The molecule has 0 unspecified atom stereocenters. The SMILES string of the molecule is CCC(F)(F)F.Fc1ccc2c(c1)Cc1cccc(Cl)c1CS2.O=C1NCNn2ccc(=O)c(O)c21. The number of amides is 1. The van der Waals surface area contributed by atoms with Crippen molar-refractivity contribution in [1.29, 1.82) is 0 Å². The summed E-state index contributed by atoms with van der Waals surface area (Å²) in [4.78, 5) is 23.3. The molecule has 2 aliphatic heterocycles. The van der Waals surface area contributed by atoms with Gasteiger partial charge in [0.2, 0.25) is 5.43 Å². The summed E-state index contributed by atoms with van der Waals surface area (Å²) in [7, 11) is 0. The molecule has 0 aliphatic carbocycles. The highest BCUT2D eigenvalue weighted by molar-refractivity contribution is 7.98. The number of fused-ring (bicyclic) bond motifs is 3. The molecule has 5 rings (SSSR count). The van der Waals surface area contributed by atoms with Gasteiger partial charge < -0.3 is 15.8 Å². The summed E-state index contributed by atoms with van der Waals surface area (Å²) in [6.45, 7) is 1.36. The van der Waals surface area contributed by atoms with Gasteiger partial charge in [0.1, 0.15) is 12.5 Å². The minimum absolute atomic E-state index is 0.0567. The zero-order valence-corrected chi connectivity index (χ0v) is 20.5. The average molecular weight is 544 g/mol. The van der Waals surface area contributed by atoms with Crippen molar-refractivity contribution < 1.29 is 27.5 Å². The summed E-state index contributed by atoms with van der Waals surface area (Å²) in [5.74, 6) is -0.316. The Kier molecular flexibility index (Phi) is 8.91. The van der Waals surface area contributed by atoms with Crippen molar-refractivity contribution in [2.24, 2.45) is 0 Å². The lowest BCUT2D eigenvalue weighted by Crippen LogP contribution is -2.42. The first-order chi connectivity index (χ1) is 17.0. The molecule has 0 atom stereocenters. The van der Waals surface area contributed by atoms with Gasteiger partial charge in [-0.2, -0.15) is 13.2 Å². The van der Waals surface area contributed by atoms with Crippen LogP contribution in [0.25, 0.3) is 0 Å². The van der Waals surface area contributed by atoms with E-state index in [4.69, 9.17) is 11.6 Å². The third-order valence-corrected chi connectivity index (χ3v) is 6.68. The second kappa shape index (κ2) is 11.7. The van der Waals surface area contributed by atoms with Gasteiger partial charge in [0.25, 0.3) is 5.91 Å². The molecule has 0 radical (unpaired) electrons. The third kappa shape index (κ3) is 6.94. The highest BCUT2D eigenvalue weighted by Crippen LogP contribution is 2.36. The number of aromatic hydroxyl groups is 1. The van der Waals surface area contributed by atoms with Crippen LogP contribution in [0, 0.1) is 5.82 Å². The maximum atomic E-state index is 13.2. The standard InChI is InChI=1S/C14H10ClFS.C7H7N3O3.C3H5F3/c15-13-3-1-2-9-6-10-7-11(16)4-5-14(10)17-8-12(9)13;11-4-1-2-10-5(6(4)12)7(13)8-3-9-10;1-2-3(4,5)6/h1-5,7H,6,8H2;1-2,9,12H,3H2,(H,8,13);2H2,1H3. The summed E-state index contributed by atoms with van der Waals surface area (Å²) < 4.78 is 46.9. The number of nitrogens with zero attached hydrogens (tertiary/aromatic N) is 1. The van der Waals surface area contributed by atoms with Crippen molar-refractivity contribution in [2.75, 3.05) is 12.1 Å². The minimum atomic E-state index is -3.96. The van der Waals surface area contributed by atoms with Crippen molar-refractivity contribution in [3.05, 3.63) is 92.1 Å². The topological polar surface area (TPSA) is 83.4 Å². The zero-order chi connectivity index (χ0) is 26.5. The van der Waals surface area contributed by atoms with Crippen LogP contribution in [-0.4, -0.2) is 28.5 Å². The van der Waals surface area contributed by atoms with Gasteiger partial charge in [0, 0.05) is 34.4 Å². The van der Waals surface area contributed by atoms with Crippen LogP contribution < -0.4 is 16.2 Å². The number of carbonyl (C=O) groups excluding carboxylic acids is 1. The molecular weight excluding hydrogens is 522 g/mol. The summed E-state index contributed by atoms with van der Waals surface area (Å²) in [6, 6.07) is 12.1. The lowest BCUT2D eigenvalue weighted by atomic mass is 10.0. The monoisotopic (exact) mass is 543 g/mol. The molecule has 2 aromatic carbocycles. The van der Waals surface area contributed by atoms with Crippen molar-refractivity contribution in [1.82, 2.24) is 9.99 Å². The maximum absolute atomic E-state index is 13.2. The summed E-state index contributed by atoms with van der Waals surface area (Å²) in [6.07, 6.45) is -2.53. The number of thioether (sulfide) groups is 1. The van der Waals surface area contributed by atoms with Crippen LogP contribution in [0.15, 0.2) is 58.4 Å². The van der Waals surface area contributed by atoms with Gasteiger partial charge in [0.05, 0.1) is 0 Å². The van der Waals surface area contributed by atoms with Gasteiger partial charge in [-0.15, -0.1) is 11.8 Å². The highest BCUT2D eigenvalue weighted by Gasteiger charge is 2.23.